The molecule has 7 N–H and O–H groups in total. The summed E-state index contributed by atoms with van der Waals surface area (Å²) in [5.41, 5.74) is 7.22. The van der Waals surface area contributed by atoms with Crippen LogP contribution in [0.1, 0.15) is 52.5 Å². The van der Waals surface area contributed by atoms with Crippen molar-refractivity contribution in [1.82, 2.24) is 0 Å². The van der Waals surface area contributed by atoms with E-state index in [2.05, 4.69) is 17.2 Å². The number of hydrogen-bond acceptors (Lipinski definition) is 9. The number of rotatable bonds is 6. The van der Waals surface area contributed by atoms with Crippen LogP contribution in [0.5, 0.6) is 11.5 Å². The van der Waals surface area contributed by atoms with E-state index in [1.165, 1.54) is 20.3 Å². The highest BCUT2D eigenvalue weighted by Gasteiger charge is 2.30. The number of allylic oxidation sites excluding steroid dienone is 1. The van der Waals surface area contributed by atoms with Gasteiger partial charge in [0.25, 0.3) is 5.91 Å². The molecule has 11 heteroatoms. The van der Waals surface area contributed by atoms with Crippen molar-refractivity contribution in [3.63, 3.8) is 0 Å². The van der Waals surface area contributed by atoms with E-state index in [4.69, 9.17) is 19.9 Å². The zero-order valence-corrected chi connectivity index (χ0v) is 25.5. The molecule has 0 spiro atoms. The van der Waals surface area contributed by atoms with Crippen LogP contribution in [-0.4, -0.2) is 72.5 Å². The average Bonchev–Trinajstić information content (AvgIpc) is 2.94. The number of benzene rings is 1. The number of amides is 2. The smallest absolute Gasteiger partial charge is 0.405 e. The molecule has 0 fully saturated rings. The van der Waals surface area contributed by atoms with Crippen molar-refractivity contribution < 1.29 is 39.1 Å². The van der Waals surface area contributed by atoms with Crippen LogP contribution >= 0.6 is 0 Å². The molecule has 1 aromatic rings. The molecule has 42 heavy (non-hydrogen) atoms. The third-order valence-corrected chi connectivity index (χ3v) is 7.58. The van der Waals surface area contributed by atoms with E-state index in [0.29, 0.717) is 54.6 Å². The van der Waals surface area contributed by atoms with Crippen LogP contribution in [0.4, 0.5) is 16.2 Å². The van der Waals surface area contributed by atoms with Gasteiger partial charge in [0.2, 0.25) is 0 Å². The Morgan fingerprint density at radius 1 is 1.21 bits per heavy atom. The number of methoxy groups -OCH3 is 2. The Balaban J connectivity index is 2.61. The highest BCUT2D eigenvalue weighted by Crippen LogP contribution is 2.42. The van der Waals surface area contributed by atoms with Crippen LogP contribution in [0.2, 0.25) is 0 Å². The van der Waals surface area contributed by atoms with Gasteiger partial charge in [0.15, 0.2) is 6.10 Å². The summed E-state index contributed by atoms with van der Waals surface area (Å²) < 4.78 is 16.8. The number of phenols is 2. The van der Waals surface area contributed by atoms with Gasteiger partial charge in [-0.1, -0.05) is 32.1 Å². The summed E-state index contributed by atoms with van der Waals surface area (Å²) in [5.74, 6) is -1.29. The summed E-state index contributed by atoms with van der Waals surface area (Å²) in [4.78, 5) is 24.8. The first-order valence-corrected chi connectivity index (χ1v) is 14.1. The van der Waals surface area contributed by atoms with Crippen LogP contribution in [0.25, 0.3) is 0 Å². The van der Waals surface area contributed by atoms with Gasteiger partial charge >= 0.3 is 6.09 Å². The maximum Gasteiger partial charge on any atom is 0.405 e. The lowest BCUT2D eigenvalue weighted by molar-refractivity contribution is -0.112. The molecule has 0 unspecified atom stereocenters. The second kappa shape index (κ2) is 16.2. The molecule has 0 saturated heterocycles. The molecule has 1 aliphatic heterocycles. The van der Waals surface area contributed by atoms with Gasteiger partial charge in [0.1, 0.15) is 11.5 Å². The molecule has 0 aliphatic carbocycles. The molecule has 1 heterocycles. The van der Waals surface area contributed by atoms with Crippen molar-refractivity contribution in [3.8, 4) is 11.5 Å². The highest BCUT2D eigenvalue weighted by atomic mass is 16.6. The maximum absolute atomic E-state index is 13.0. The van der Waals surface area contributed by atoms with Gasteiger partial charge in [0.05, 0.1) is 29.7 Å². The number of carbonyl (C=O) groups is 2. The molecule has 0 radical (unpaired) electrons. The predicted octanol–water partition coefficient (Wildman–Crippen LogP) is 4.38. The predicted molar refractivity (Wildman–Crippen MR) is 163 cm³/mol. The number of phenolic OH excluding ortho intramolecular Hbond substituents is 2. The van der Waals surface area contributed by atoms with Gasteiger partial charge < -0.3 is 45.9 Å². The van der Waals surface area contributed by atoms with Gasteiger partial charge in [-0.15, -0.1) is 6.58 Å². The molecule has 234 valence electrons. The monoisotopic (exact) mass is 589 g/mol. The van der Waals surface area contributed by atoms with Gasteiger partial charge in [-0.25, -0.2) is 4.79 Å². The van der Waals surface area contributed by atoms with E-state index in [1.54, 1.807) is 26.0 Å². The lowest BCUT2D eigenvalue weighted by atomic mass is 9.87. The summed E-state index contributed by atoms with van der Waals surface area (Å²) in [6, 6.07) is 1.30. The summed E-state index contributed by atoms with van der Waals surface area (Å²) >= 11 is 0. The topological polar surface area (TPSA) is 173 Å². The molecule has 0 aromatic heterocycles. The van der Waals surface area contributed by atoms with Gasteiger partial charge in [-0.05, 0) is 51.0 Å². The number of carbonyl (C=O) groups excluding carboxylic acids is 2. The van der Waals surface area contributed by atoms with E-state index < -0.39 is 42.3 Å². The normalized spacial score (nSPS) is 28.9. The first-order valence-electron chi connectivity index (χ1n) is 14.1. The summed E-state index contributed by atoms with van der Waals surface area (Å²) in [6.07, 6.45) is 2.82. The molecule has 1 aromatic carbocycles. The van der Waals surface area contributed by atoms with Crippen molar-refractivity contribution in [2.75, 3.05) is 31.4 Å². The molecule has 1 aliphatic rings. The second-order valence-electron chi connectivity index (χ2n) is 10.9. The van der Waals surface area contributed by atoms with E-state index in [9.17, 15) is 24.9 Å². The number of anilines is 2. The van der Waals surface area contributed by atoms with Crippen LogP contribution in [0.3, 0.4) is 0 Å². The quantitative estimate of drug-likeness (QED) is 0.160. The van der Waals surface area contributed by atoms with Crippen molar-refractivity contribution in [3.05, 3.63) is 47.6 Å². The van der Waals surface area contributed by atoms with E-state index in [1.807, 2.05) is 19.9 Å². The minimum absolute atomic E-state index is 0.0657. The van der Waals surface area contributed by atoms with Crippen LogP contribution in [0.15, 0.2) is 42.0 Å². The van der Waals surface area contributed by atoms with Crippen molar-refractivity contribution >= 4 is 23.4 Å². The molecule has 11 nitrogen and oxygen atoms in total. The second-order valence-corrected chi connectivity index (χ2v) is 10.9. The highest BCUT2D eigenvalue weighted by molar-refractivity contribution is 6.04. The molecular formula is C31H47N3O8. The van der Waals surface area contributed by atoms with Crippen LogP contribution in [0, 0.1) is 11.8 Å². The number of ether oxygens (including phenoxy) is 3. The number of aliphatic hydroxyl groups is 1. The minimum Gasteiger partial charge on any atom is -0.506 e. The van der Waals surface area contributed by atoms with Gasteiger partial charge in [-0.3, -0.25) is 4.79 Å². The third kappa shape index (κ3) is 9.23. The van der Waals surface area contributed by atoms with Crippen LogP contribution < -0.4 is 16.4 Å². The third-order valence-electron chi connectivity index (χ3n) is 7.58. The van der Waals surface area contributed by atoms with Gasteiger partial charge in [0, 0.05) is 43.9 Å². The number of aromatic hydroxyl groups is 2. The zero-order valence-electron chi connectivity index (χ0n) is 25.5. The van der Waals surface area contributed by atoms with Gasteiger partial charge in [-0.2, -0.15) is 0 Å². The fraction of sp³-hybridized carbons (Fsp3) is 0.548. The van der Waals surface area contributed by atoms with Crippen molar-refractivity contribution in [2.45, 2.75) is 77.8 Å². The number of nitrogens with two attached hydrogens (primary N) is 1. The van der Waals surface area contributed by atoms with E-state index >= 15 is 0 Å². The number of primary amides is 1. The molecular weight excluding hydrogens is 542 g/mol. The Labute approximate surface area is 248 Å². The first kappa shape index (κ1) is 34.7. The number of aliphatic hydroxyl groups excluding tert-OH is 1. The Hall–Kier alpha value is -3.54. The van der Waals surface area contributed by atoms with Crippen molar-refractivity contribution in [1.29, 1.82) is 0 Å². The fourth-order valence-corrected chi connectivity index (χ4v) is 5.29. The Kier molecular flexibility index (Phi) is 13.4. The molecule has 2 bridgehead atoms. The zero-order chi connectivity index (χ0) is 31.6. The number of fused-ring (bicyclic) bond motifs is 2. The number of hydrogen-bond donors (Lipinski definition) is 6. The Bertz CT molecular complexity index is 1170. The fourth-order valence-electron chi connectivity index (χ4n) is 5.29. The van der Waals surface area contributed by atoms with E-state index in [-0.39, 0.29) is 23.1 Å². The Morgan fingerprint density at radius 3 is 2.48 bits per heavy atom. The molecule has 2 rings (SSSR count). The maximum atomic E-state index is 13.0. The SMILES string of the molecule is C=CCNc1c(O)cc2c(O)c1C[C@@H](C)C[C@H](OC)[C@H](O)[C@@H](C)/C=C(\C)[C@H](OC(N)=O)[C@@H](OC)CC/C=C(\C)C(=O)N2. The first-order chi connectivity index (χ1) is 19.8. The Morgan fingerprint density at radius 2 is 1.88 bits per heavy atom. The molecule has 0 saturated carbocycles. The standard InChI is InChI=1S/C31H47N3O8/c1-8-12-33-26-21-13-17(2)14-25(41-7)27(36)19(4)15-20(5)29(42-31(32)39)24(40-6)11-9-10-18(3)30(38)34-22(28(21)37)16-23(26)35/h8,10,15-17,19,24-25,27,29,33,35-37H,1,9,11-14H2,2-7H3,(H2,32,39)(H,34,38)/b18-10+,20-15+/t17-,19+,24+,25+,27-,29+/m1/s1. The van der Waals surface area contributed by atoms with Crippen molar-refractivity contribution in [2.24, 2.45) is 17.6 Å². The molecule has 6 atom stereocenters. The minimum atomic E-state index is -0.956. The summed E-state index contributed by atoms with van der Waals surface area (Å²) in [5, 5.41) is 39.1. The number of nitrogens with one attached hydrogen (secondary N) is 2. The lowest BCUT2D eigenvalue weighted by Crippen LogP contribution is -2.37. The summed E-state index contributed by atoms with van der Waals surface area (Å²) in [7, 11) is 3.01. The molecule has 2 amide bonds. The lowest BCUT2D eigenvalue weighted by Gasteiger charge is -2.30. The van der Waals surface area contributed by atoms with E-state index in [0.717, 1.165) is 0 Å². The average molecular weight is 590 g/mol. The largest absolute Gasteiger partial charge is 0.506 e. The summed E-state index contributed by atoms with van der Waals surface area (Å²) in [6.45, 7) is 11.2. The van der Waals surface area contributed by atoms with Crippen LogP contribution in [-0.2, 0) is 25.4 Å².